The quantitative estimate of drug-likeness (QED) is 0.780. The number of halogens is 2. The maximum atomic E-state index is 13.3. The lowest BCUT2D eigenvalue weighted by atomic mass is 10.1. The van der Waals surface area contributed by atoms with Crippen LogP contribution in [0.25, 0.3) is 0 Å². The molecule has 6 heteroatoms. The van der Waals surface area contributed by atoms with E-state index in [1.807, 2.05) is 0 Å². The van der Waals surface area contributed by atoms with Gasteiger partial charge in [-0.1, -0.05) is 6.07 Å². The van der Waals surface area contributed by atoms with Crippen LogP contribution in [0.3, 0.4) is 0 Å². The summed E-state index contributed by atoms with van der Waals surface area (Å²) >= 11 is 0. The number of hydrogen-bond acceptors (Lipinski definition) is 3. The van der Waals surface area contributed by atoms with Gasteiger partial charge in [0.2, 0.25) is 0 Å². The lowest BCUT2D eigenvalue weighted by molar-refractivity contribution is 0.562. The van der Waals surface area contributed by atoms with Crippen molar-refractivity contribution in [2.24, 2.45) is 5.73 Å². The second-order valence-corrected chi connectivity index (χ2v) is 3.01. The fourth-order valence-corrected chi connectivity index (χ4v) is 1.27. The summed E-state index contributed by atoms with van der Waals surface area (Å²) in [7, 11) is 0. The van der Waals surface area contributed by atoms with Gasteiger partial charge in [-0.2, -0.15) is 5.10 Å². The number of nitrogens with zero attached hydrogens (tertiary/aromatic N) is 2. The van der Waals surface area contributed by atoms with Gasteiger partial charge in [-0.05, 0) is 6.07 Å². The van der Waals surface area contributed by atoms with Gasteiger partial charge in [0.25, 0.3) is 0 Å². The Labute approximate surface area is 84.1 Å². The Morgan fingerprint density at radius 2 is 2.13 bits per heavy atom. The Morgan fingerprint density at radius 1 is 1.33 bits per heavy atom. The molecule has 15 heavy (non-hydrogen) atoms. The van der Waals surface area contributed by atoms with Crippen LogP contribution in [0.5, 0.6) is 0 Å². The second kappa shape index (κ2) is 3.74. The zero-order valence-electron chi connectivity index (χ0n) is 7.61. The van der Waals surface area contributed by atoms with E-state index in [1.165, 1.54) is 12.4 Å². The van der Waals surface area contributed by atoms with Crippen LogP contribution in [0.2, 0.25) is 0 Å². The molecule has 0 fully saturated rings. The van der Waals surface area contributed by atoms with Gasteiger partial charge in [0.05, 0.1) is 6.04 Å². The molecule has 0 aliphatic rings. The molecule has 0 bridgehead atoms. The van der Waals surface area contributed by atoms with Gasteiger partial charge in [0, 0.05) is 11.6 Å². The summed E-state index contributed by atoms with van der Waals surface area (Å²) in [6, 6.07) is 2.45. The molecule has 2 aromatic rings. The third kappa shape index (κ3) is 1.84. The summed E-state index contributed by atoms with van der Waals surface area (Å²) in [5.41, 5.74) is 5.89. The maximum absolute atomic E-state index is 13.3. The van der Waals surface area contributed by atoms with Crippen molar-refractivity contribution < 1.29 is 8.78 Å². The first-order chi connectivity index (χ1) is 7.18. The van der Waals surface area contributed by atoms with Crippen molar-refractivity contribution in [3.05, 3.63) is 47.5 Å². The molecule has 1 heterocycles. The minimum absolute atomic E-state index is 0.174. The first-order valence-electron chi connectivity index (χ1n) is 4.24. The summed E-state index contributed by atoms with van der Waals surface area (Å²) in [5, 5.41) is 6.13. The van der Waals surface area contributed by atoms with Gasteiger partial charge in [-0.25, -0.2) is 13.8 Å². The van der Waals surface area contributed by atoms with Crippen LogP contribution in [0.4, 0.5) is 8.78 Å². The monoisotopic (exact) mass is 210 g/mol. The Bertz CT molecular complexity index is 455. The van der Waals surface area contributed by atoms with Crippen LogP contribution < -0.4 is 5.73 Å². The Morgan fingerprint density at radius 3 is 2.73 bits per heavy atom. The first kappa shape index (κ1) is 9.72. The lowest BCUT2D eigenvalue weighted by Crippen LogP contribution is -2.15. The fraction of sp³-hybridized carbons (Fsp3) is 0.111. The van der Waals surface area contributed by atoms with Crippen LogP contribution in [0.1, 0.15) is 17.4 Å². The van der Waals surface area contributed by atoms with Crippen molar-refractivity contribution in [3.63, 3.8) is 0 Å². The molecule has 0 amide bonds. The molecule has 0 saturated heterocycles. The molecule has 1 aromatic heterocycles. The first-order valence-corrected chi connectivity index (χ1v) is 4.24. The molecular weight excluding hydrogens is 202 g/mol. The van der Waals surface area contributed by atoms with E-state index in [2.05, 4.69) is 15.2 Å². The summed E-state index contributed by atoms with van der Waals surface area (Å²) < 4.78 is 25.9. The number of benzene rings is 1. The molecule has 1 atom stereocenters. The topological polar surface area (TPSA) is 67.6 Å². The lowest BCUT2D eigenvalue weighted by Gasteiger charge is -2.09. The average Bonchev–Trinajstić information content (AvgIpc) is 2.69. The Kier molecular flexibility index (Phi) is 2.42. The van der Waals surface area contributed by atoms with E-state index in [1.54, 1.807) is 0 Å². The Balaban J connectivity index is 2.38. The molecule has 0 radical (unpaired) electrons. The molecule has 0 spiro atoms. The largest absolute Gasteiger partial charge is 0.318 e. The van der Waals surface area contributed by atoms with E-state index >= 15 is 0 Å². The highest BCUT2D eigenvalue weighted by Gasteiger charge is 2.16. The van der Waals surface area contributed by atoms with E-state index < -0.39 is 17.7 Å². The van der Waals surface area contributed by atoms with Gasteiger partial charge in [0.1, 0.15) is 23.8 Å². The van der Waals surface area contributed by atoms with Crippen molar-refractivity contribution >= 4 is 0 Å². The predicted octanol–water partition coefficient (Wildman–Crippen LogP) is 1.13. The van der Waals surface area contributed by atoms with E-state index in [-0.39, 0.29) is 5.56 Å². The van der Waals surface area contributed by atoms with Gasteiger partial charge in [0.15, 0.2) is 0 Å². The maximum Gasteiger partial charge on any atom is 0.145 e. The summed E-state index contributed by atoms with van der Waals surface area (Å²) in [6.45, 7) is 0. The molecule has 1 unspecified atom stereocenters. The molecule has 2 rings (SSSR count). The van der Waals surface area contributed by atoms with Crippen molar-refractivity contribution in [2.45, 2.75) is 6.04 Å². The van der Waals surface area contributed by atoms with Gasteiger partial charge >= 0.3 is 0 Å². The second-order valence-electron chi connectivity index (χ2n) is 3.01. The van der Waals surface area contributed by atoms with Crippen LogP contribution in [-0.2, 0) is 0 Å². The van der Waals surface area contributed by atoms with Gasteiger partial charge in [-0.3, -0.25) is 5.10 Å². The molecular formula is C9H8F2N4. The van der Waals surface area contributed by atoms with Crippen molar-refractivity contribution in [2.75, 3.05) is 0 Å². The van der Waals surface area contributed by atoms with E-state index in [0.29, 0.717) is 5.82 Å². The van der Waals surface area contributed by atoms with Crippen LogP contribution in [0, 0.1) is 11.6 Å². The number of nitrogens with two attached hydrogens (primary N) is 1. The van der Waals surface area contributed by atoms with Crippen molar-refractivity contribution in [1.29, 1.82) is 0 Å². The molecule has 0 saturated carbocycles. The summed E-state index contributed by atoms with van der Waals surface area (Å²) in [5.74, 6) is -1.000. The number of aromatic nitrogens is 3. The van der Waals surface area contributed by atoms with Crippen molar-refractivity contribution in [1.82, 2.24) is 15.2 Å². The van der Waals surface area contributed by atoms with Crippen LogP contribution in [0.15, 0.2) is 24.5 Å². The minimum Gasteiger partial charge on any atom is -0.318 e. The average molecular weight is 210 g/mol. The normalized spacial score (nSPS) is 12.7. The van der Waals surface area contributed by atoms with Crippen LogP contribution in [-0.4, -0.2) is 15.2 Å². The van der Waals surface area contributed by atoms with E-state index in [0.717, 1.165) is 12.1 Å². The number of nitrogens with one attached hydrogen (secondary N) is 1. The highest BCUT2D eigenvalue weighted by molar-refractivity contribution is 5.26. The highest BCUT2D eigenvalue weighted by atomic mass is 19.1. The molecule has 0 aliphatic heterocycles. The number of hydrogen-bond donors (Lipinski definition) is 2. The van der Waals surface area contributed by atoms with E-state index in [4.69, 9.17) is 5.73 Å². The summed E-state index contributed by atoms with van der Waals surface area (Å²) in [4.78, 5) is 3.80. The predicted molar refractivity (Wildman–Crippen MR) is 48.8 cm³/mol. The third-order valence-corrected chi connectivity index (χ3v) is 2.03. The van der Waals surface area contributed by atoms with Gasteiger partial charge in [-0.15, -0.1) is 0 Å². The van der Waals surface area contributed by atoms with E-state index in [9.17, 15) is 8.78 Å². The minimum atomic E-state index is -0.770. The SMILES string of the molecule is NC(c1ncn[nH]1)c1ccc(F)cc1F. The third-order valence-electron chi connectivity index (χ3n) is 2.03. The molecule has 78 valence electrons. The Hall–Kier alpha value is -1.82. The number of aromatic amines is 1. The standard InChI is InChI=1S/C9H8F2N4/c10-5-1-2-6(7(11)3-5)8(12)9-13-4-14-15-9/h1-4,8H,12H2,(H,13,14,15). The molecule has 4 nitrogen and oxygen atoms in total. The van der Waals surface area contributed by atoms with Crippen LogP contribution >= 0.6 is 0 Å². The number of H-pyrrole nitrogens is 1. The smallest absolute Gasteiger partial charge is 0.145 e. The molecule has 0 aliphatic carbocycles. The zero-order valence-corrected chi connectivity index (χ0v) is 7.61. The van der Waals surface area contributed by atoms with Crippen molar-refractivity contribution in [3.8, 4) is 0 Å². The highest BCUT2D eigenvalue weighted by Crippen LogP contribution is 2.19. The fourth-order valence-electron chi connectivity index (χ4n) is 1.27. The number of rotatable bonds is 2. The summed E-state index contributed by atoms with van der Waals surface area (Å²) in [6.07, 6.45) is 1.27. The molecule has 3 N–H and O–H groups in total. The molecule has 1 aromatic carbocycles. The van der Waals surface area contributed by atoms with Gasteiger partial charge < -0.3 is 5.73 Å². The zero-order chi connectivity index (χ0) is 10.8.